The van der Waals surface area contributed by atoms with Gasteiger partial charge in [0.05, 0.1) is 25.4 Å². The number of halogens is 1. The monoisotopic (exact) mass is 557 g/mol. The Balaban J connectivity index is 0.00000341. The van der Waals surface area contributed by atoms with Crippen molar-refractivity contribution >= 4 is 51.4 Å². The molecule has 0 saturated carbocycles. The van der Waals surface area contributed by atoms with Crippen LogP contribution in [0.25, 0.3) is 10.1 Å². The second-order valence-corrected chi connectivity index (χ2v) is 8.26. The Kier molecular flexibility index (Phi) is 10.2. The number of aromatic nitrogens is 2. The van der Waals surface area contributed by atoms with Gasteiger partial charge in [-0.05, 0) is 38.3 Å². The number of hydrogen-bond acceptors (Lipinski definition) is 5. The van der Waals surface area contributed by atoms with Gasteiger partial charge in [-0.3, -0.25) is 4.68 Å². The first-order chi connectivity index (χ1) is 14.5. The SMILES string of the molecule is CCNC(=NCc1c(C)nn(CCOC)c1C)NCC(O)c1cc2ccccc2s1.I. The van der Waals surface area contributed by atoms with Gasteiger partial charge in [0.1, 0.15) is 6.10 Å². The van der Waals surface area contributed by atoms with E-state index in [0.29, 0.717) is 25.7 Å². The van der Waals surface area contributed by atoms with Crippen molar-refractivity contribution in [2.45, 2.75) is 40.0 Å². The largest absolute Gasteiger partial charge is 0.386 e. The zero-order chi connectivity index (χ0) is 21.5. The summed E-state index contributed by atoms with van der Waals surface area (Å²) >= 11 is 1.62. The minimum absolute atomic E-state index is 0. The molecule has 0 amide bonds. The van der Waals surface area contributed by atoms with E-state index < -0.39 is 6.10 Å². The van der Waals surface area contributed by atoms with E-state index in [-0.39, 0.29) is 24.0 Å². The molecular formula is C22H32IN5O2S. The van der Waals surface area contributed by atoms with Crippen LogP contribution in [0.2, 0.25) is 0 Å². The highest BCUT2D eigenvalue weighted by Crippen LogP contribution is 2.29. The van der Waals surface area contributed by atoms with Gasteiger partial charge >= 0.3 is 0 Å². The first-order valence-electron chi connectivity index (χ1n) is 10.2. The molecule has 170 valence electrons. The fourth-order valence-corrected chi connectivity index (χ4v) is 4.37. The maximum Gasteiger partial charge on any atom is 0.191 e. The summed E-state index contributed by atoms with van der Waals surface area (Å²) in [6.45, 7) is 9.12. The van der Waals surface area contributed by atoms with E-state index in [1.165, 1.54) is 4.70 Å². The Morgan fingerprint density at radius 3 is 2.77 bits per heavy atom. The molecule has 0 saturated heterocycles. The fourth-order valence-electron chi connectivity index (χ4n) is 3.32. The summed E-state index contributed by atoms with van der Waals surface area (Å²) in [4.78, 5) is 5.66. The molecular weight excluding hydrogens is 525 g/mol. The first kappa shape index (κ1) is 25.6. The predicted octanol–water partition coefficient (Wildman–Crippen LogP) is 3.77. The Morgan fingerprint density at radius 1 is 1.29 bits per heavy atom. The third-order valence-corrected chi connectivity index (χ3v) is 6.23. The van der Waals surface area contributed by atoms with Gasteiger partial charge in [-0.15, -0.1) is 35.3 Å². The number of thiophene rings is 1. The van der Waals surface area contributed by atoms with Crippen molar-refractivity contribution in [3.05, 3.63) is 52.2 Å². The van der Waals surface area contributed by atoms with E-state index in [1.807, 2.05) is 30.7 Å². The number of nitrogens with zero attached hydrogens (tertiary/aromatic N) is 3. The highest BCUT2D eigenvalue weighted by atomic mass is 127. The van der Waals surface area contributed by atoms with Gasteiger partial charge in [0.15, 0.2) is 5.96 Å². The molecule has 3 aromatic rings. The van der Waals surface area contributed by atoms with Crippen LogP contribution in [-0.4, -0.2) is 47.7 Å². The highest BCUT2D eigenvalue weighted by Gasteiger charge is 2.14. The quantitative estimate of drug-likeness (QED) is 0.212. The summed E-state index contributed by atoms with van der Waals surface area (Å²) < 4.78 is 8.31. The molecule has 0 aliphatic heterocycles. The van der Waals surface area contributed by atoms with Gasteiger partial charge in [0.2, 0.25) is 0 Å². The van der Waals surface area contributed by atoms with Gasteiger partial charge in [-0.2, -0.15) is 5.10 Å². The van der Waals surface area contributed by atoms with E-state index in [0.717, 1.165) is 40.3 Å². The minimum atomic E-state index is -0.591. The molecule has 7 nitrogen and oxygen atoms in total. The number of benzene rings is 1. The van der Waals surface area contributed by atoms with Crippen molar-refractivity contribution < 1.29 is 9.84 Å². The average Bonchev–Trinajstić information content (AvgIpc) is 3.29. The van der Waals surface area contributed by atoms with Crippen LogP contribution in [0.5, 0.6) is 0 Å². The van der Waals surface area contributed by atoms with E-state index in [1.54, 1.807) is 18.4 Å². The molecule has 9 heteroatoms. The van der Waals surface area contributed by atoms with Crippen LogP contribution in [0.3, 0.4) is 0 Å². The van der Waals surface area contributed by atoms with Crippen molar-refractivity contribution in [2.24, 2.45) is 4.99 Å². The maximum absolute atomic E-state index is 10.6. The Labute approximate surface area is 204 Å². The molecule has 0 bridgehead atoms. The lowest BCUT2D eigenvalue weighted by Gasteiger charge is -2.14. The molecule has 0 spiro atoms. The average molecular weight is 558 g/mol. The van der Waals surface area contributed by atoms with Gasteiger partial charge in [0, 0.05) is 41.0 Å². The molecule has 1 aromatic carbocycles. The van der Waals surface area contributed by atoms with Crippen LogP contribution in [0.4, 0.5) is 0 Å². The van der Waals surface area contributed by atoms with Crippen molar-refractivity contribution in [3.8, 4) is 0 Å². The van der Waals surface area contributed by atoms with Crippen LogP contribution in [0, 0.1) is 13.8 Å². The van der Waals surface area contributed by atoms with Gasteiger partial charge in [0.25, 0.3) is 0 Å². The number of methoxy groups -OCH3 is 1. The number of hydrogen-bond donors (Lipinski definition) is 3. The number of fused-ring (bicyclic) bond motifs is 1. The van der Waals surface area contributed by atoms with Crippen molar-refractivity contribution in [1.29, 1.82) is 0 Å². The van der Waals surface area contributed by atoms with Gasteiger partial charge in [-0.1, -0.05) is 18.2 Å². The Hall–Kier alpha value is -1.69. The smallest absolute Gasteiger partial charge is 0.191 e. The van der Waals surface area contributed by atoms with Crippen LogP contribution in [0.15, 0.2) is 35.3 Å². The Bertz CT molecular complexity index is 968. The third kappa shape index (κ3) is 6.64. The second kappa shape index (κ2) is 12.4. The number of rotatable bonds is 9. The number of nitrogens with one attached hydrogen (secondary N) is 2. The highest BCUT2D eigenvalue weighted by molar-refractivity contribution is 14.0. The molecule has 3 N–H and O–H groups in total. The molecule has 2 heterocycles. The molecule has 0 fully saturated rings. The van der Waals surface area contributed by atoms with Gasteiger partial charge in [-0.25, -0.2) is 4.99 Å². The molecule has 2 aromatic heterocycles. The summed E-state index contributed by atoms with van der Waals surface area (Å²) in [5, 5.41) is 22.9. The minimum Gasteiger partial charge on any atom is -0.386 e. The van der Waals surface area contributed by atoms with E-state index in [9.17, 15) is 5.11 Å². The van der Waals surface area contributed by atoms with Crippen molar-refractivity contribution in [1.82, 2.24) is 20.4 Å². The summed E-state index contributed by atoms with van der Waals surface area (Å²) in [6.07, 6.45) is -0.591. The molecule has 0 aliphatic rings. The summed E-state index contributed by atoms with van der Waals surface area (Å²) in [6, 6.07) is 10.2. The lowest BCUT2D eigenvalue weighted by Crippen LogP contribution is -2.39. The number of aryl methyl sites for hydroxylation is 1. The number of aliphatic hydroxyl groups is 1. The number of aliphatic hydroxyl groups excluding tert-OH is 1. The van der Waals surface area contributed by atoms with Crippen LogP contribution in [0.1, 0.15) is 34.9 Å². The number of ether oxygens (including phenoxy) is 1. The first-order valence-corrected chi connectivity index (χ1v) is 11.1. The molecule has 1 unspecified atom stereocenters. The lowest BCUT2D eigenvalue weighted by atomic mass is 10.2. The second-order valence-electron chi connectivity index (χ2n) is 7.14. The lowest BCUT2D eigenvalue weighted by molar-refractivity contribution is 0.182. The predicted molar refractivity (Wildman–Crippen MR) is 139 cm³/mol. The van der Waals surface area contributed by atoms with E-state index >= 15 is 0 Å². The number of guanidine groups is 1. The summed E-state index contributed by atoms with van der Waals surface area (Å²) in [5.74, 6) is 0.682. The van der Waals surface area contributed by atoms with Crippen LogP contribution < -0.4 is 10.6 Å². The van der Waals surface area contributed by atoms with Crippen molar-refractivity contribution in [3.63, 3.8) is 0 Å². The maximum atomic E-state index is 10.6. The van der Waals surface area contributed by atoms with Crippen LogP contribution in [-0.2, 0) is 17.8 Å². The molecule has 3 rings (SSSR count). The normalized spacial score (nSPS) is 12.6. The zero-order valence-electron chi connectivity index (χ0n) is 18.5. The van der Waals surface area contributed by atoms with Crippen LogP contribution >= 0.6 is 35.3 Å². The van der Waals surface area contributed by atoms with Gasteiger partial charge < -0.3 is 20.5 Å². The third-order valence-electron chi connectivity index (χ3n) is 5.01. The zero-order valence-corrected chi connectivity index (χ0v) is 21.7. The fraction of sp³-hybridized carbons (Fsp3) is 0.455. The topological polar surface area (TPSA) is 83.7 Å². The van der Waals surface area contributed by atoms with E-state index in [4.69, 9.17) is 9.73 Å². The molecule has 1 atom stereocenters. The van der Waals surface area contributed by atoms with E-state index in [2.05, 4.69) is 40.9 Å². The standard InChI is InChI=1S/C22H31N5O2S.HI/c1-5-23-22(24-13-18-15(2)26-27(16(18)3)10-11-29-4)25-14-19(28)21-12-17-8-6-7-9-20(17)30-21;/h6-9,12,19,28H,5,10-11,13-14H2,1-4H3,(H2,23,24,25);1H. The molecule has 31 heavy (non-hydrogen) atoms. The summed E-state index contributed by atoms with van der Waals surface area (Å²) in [7, 11) is 1.69. The molecule has 0 aliphatic carbocycles. The Morgan fingerprint density at radius 2 is 2.06 bits per heavy atom. The summed E-state index contributed by atoms with van der Waals surface area (Å²) in [5.41, 5.74) is 3.20. The number of aliphatic imine (C=N–C) groups is 1. The molecule has 0 radical (unpaired) electrons. The van der Waals surface area contributed by atoms with Crippen molar-refractivity contribution in [2.75, 3.05) is 26.8 Å².